The maximum absolute atomic E-state index is 13.3. The lowest BCUT2D eigenvalue weighted by molar-refractivity contribution is 0.0670. The van der Waals surface area contributed by atoms with Gasteiger partial charge in [-0.1, -0.05) is 36.4 Å². The van der Waals surface area contributed by atoms with Gasteiger partial charge < -0.3 is 10.1 Å². The van der Waals surface area contributed by atoms with Gasteiger partial charge in [0.25, 0.3) is 5.91 Å². The van der Waals surface area contributed by atoms with Crippen molar-refractivity contribution in [1.29, 1.82) is 0 Å². The highest BCUT2D eigenvalue weighted by Gasteiger charge is 2.29. The van der Waals surface area contributed by atoms with E-state index in [-0.39, 0.29) is 23.9 Å². The molecule has 1 saturated heterocycles. The number of hydrogen-bond donors (Lipinski definition) is 1. The van der Waals surface area contributed by atoms with Gasteiger partial charge >= 0.3 is 0 Å². The number of benzene rings is 2. The summed E-state index contributed by atoms with van der Waals surface area (Å²) in [6.07, 6.45) is 3.31. The minimum Gasteiger partial charge on any atom is -0.376 e. The molecule has 26 heavy (non-hydrogen) atoms. The first-order chi connectivity index (χ1) is 12.7. The number of nitrogens with one attached hydrogen (secondary N) is 1. The lowest BCUT2D eigenvalue weighted by Gasteiger charge is -2.25. The summed E-state index contributed by atoms with van der Waals surface area (Å²) in [5, 5.41) is 4.82. The normalized spacial score (nSPS) is 18.0. The van der Waals surface area contributed by atoms with Crippen LogP contribution >= 0.6 is 0 Å². The van der Waals surface area contributed by atoms with Crippen LogP contribution in [0.4, 0.5) is 4.39 Å². The number of aromatic nitrogens is 1. The molecule has 132 valence electrons. The molecule has 1 fully saturated rings. The van der Waals surface area contributed by atoms with E-state index in [4.69, 9.17) is 4.74 Å². The van der Waals surface area contributed by atoms with Crippen LogP contribution in [0.5, 0.6) is 0 Å². The first-order valence-electron chi connectivity index (χ1n) is 8.74. The monoisotopic (exact) mass is 350 g/mol. The van der Waals surface area contributed by atoms with E-state index in [1.54, 1.807) is 18.3 Å². The molecule has 2 aromatic carbocycles. The van der Waals surface area contributed by atoms with Gasteiger partial charge in [0.15, 0.2) is 0 Å². The number of amides is 1. The number of hydrogen-bond acceptors (Lipinski definition) is 3. The molecule has 1 N–H and O–H groups in total. The van der Waals surface area contributed by atoms with E-state index in [1.807, 2.05) is 30.3 Å². The van der Waals surface area contributed by atoms with Crippen molar-refractivity contribution in [2.75, 3.05) is 6.61 Å². The van der Waals surface area contributed by atoms with Crippen molar-refractivity contribution in [3.63, 3.8) is 0 Å². The zero-order valence-corrected chi connectivity index (χ0v) is 14.2. The summed E-state index contributed by atoms with van der Waals surface area (Å²) in [6, 6.07) is 15.4. The van der Waals surface area contributed by atoms with Crippen molar-refractivity contribution in [2.45, 2.75) is 25.0 Å². The second kappa shape index (κ2) is 7.22. The molecule has 2 heterocycles. The predicted molar refractivity (Wildman–Crippen MR) is 97.3 cm³/mol. The molecular formula is C21H19FN2O2. The van der Waals surface area contributed by atoms with Crippen molar-refractivity contribution >= 4 is 16.7 Å². The number of pyridine rings is 1. The minimum absolute atomic E-state index is 0.126. The van der Waals surface area contributed by atoms with Crippen molar-refractivity contribution in [2.24, 2.45) is 0 Å². The molecule has 5 heteroatoms. The Morgan fingerprint density at radius 2 is 1.96 bits per heavy atom. The van der Waals surface area contributed by atoms with E-state index in [9.17, 15) is 9.18 Å². The molecule has 1 aromatic heterocycles. The van der Waals surface area contributed by atoms with Crippen molar-refractivity contribution in [3.05, 3.63) is 77.9 Å². The summed E-state index contributed by atoms with van der Waals surface area (Å²) >= 11 is 0. The average Bonchev–Trinajstić information content (AvgIpc) is 3.21. The van der Waals surface area contributed by atoms with Crippen LogP contribution in [0.1, 0.15) is 34.9 Å². The molecule has 0 bridgehead atoms. The second-order valence-corrected chi connectivity index (χ2v) is 6.43. The fraction of sp³-hybridized carbons (Fsp3) is 0.238. The van der Waals surface area contributed by atoms with Crippen molar-refractivity contribution < 1.29 is 13.9 Å². The Bertz CT molecular complexity index is 915. The van der Waals surface area contributed by atoms with Crippen LogP contribution in [0.15, 0.2) is 60.8 Å². The highest BCUT2D eigenvalue weighted by Crippen LogP contribution is 2.28. The van der Waals surface area contributed by atoms with Gasteiger partial charge in [0.2, 0.25) is 0 Å². The van der Waals surface area contributed by atoms with Crippen LogP contribution < -0.4 is 5.32 Å². The van der Waals surface area contributed by atoms with E-state index >= 15 is 0 Å². The number of ether oxygens (including phenoxy) is 1. The fourth-order valence-corrected chi connectivity index (χ4v) is 3.44. The molecule has 2 atom stereocenters. The summed E-state index contributed by atoms with van der Waals surface area (Å²) in [6.45, 7) is 0.671. The quantitative estimate of drug-likeness (QED) is 0.773. The number of rotatable bonds is 4. The van der Waals surface area contributed by atoms with Gasteiger partial charge in [-0.25, -0.2) is 4.39 Å². The van der Waals surface area contributed by atoms with Crippen LogP contribution in [0.2, 0.25) is 0 Å². The molecule has 3 aromatic rings. The smallest absolute Gasteiger partial charge is 0.271 e. The van der Waals surface area contributed by atoms with E-state index in [0.29, 0.717) is 12.3 Å². The van der Waals surface area contributed by atoms with Gasteiger partial charge in [-0.15, -0.1) is 0 Å². The molecule has 1 amide bonds. The summed E-state index contributed by atoms with van der Waals surface area (Å²) in [4.78, 5) is 17.2. The summed E-state index contributed by atoms with van der Waals surface area (Å²) in [5.41, 5.74) is 1.21. The fourth-order valence-electron chi connectivity index (χ4n) is 3.44. The first-order valence-corrected chi connectivity index (χ1v) is 8.74. The van der Waals surface area contributed by atoms with Crippen molar-refractivity contribution in [3.8, 4) is 0 Å². The van der Waals surface area contributed by atoms with Gasteiger partial charge in [0.05, 0.1) is 12.1 Å². The summed E-state index contributed by atoms with van der Waals surface area (Å²) in [5.74, 6) is -0.562. The Labute approximate surface area is 151 Å². The van der Waals surface area contributed by atoms with Crippen LogP contribution in [0.25, 0.3) is 10.8 Å². The maximum atomic E-state index is 13.3. The topological polar surface area (TPSA) is 51.2 Å². The Morgan fingerprint density at radius 1 is 1.15 bits per heavy atom. The predicted octanol–water partition coefficient (Wildman–Crippen LogP) is 4.02. The number of fused-ring (bicyclic) bond motifs is 1. The number of carbonyl (C=O) groups excluding carboxylic acids is 1. The first kappa shape index (κ1) is 16.7. The van der Waals surface area contributed by atoms with Gasteiger partial charge in [0.1, 0.15) is 11.5 Å². The van der Waals surface area contributed by atoms with Gasteiger partial charge in [-0.2, -0.15) is 0 Å². The van der Waals surface area contributed by atoms with Crippen LogP contribution in [-0.4, -0.2) is 23.6 Å². The molecule has 0 aliphatic carbocycles. The Kier molecular flexibility index (Phi) is 4.63. The van der Waals surface area contributed by atoms with Crippen LogP contribution in [0, 0.1) is 5.82 Å². The molecular weight excluding hydrogens is 331 g/mol. The van der Waals surface area contributed by atoms with Crippen LogP contribution in [0.3, 0.4) is 0 Å². The molecule has 0 saturated carbocycles. The third kappa shape index (κ3) is 3.30. The Morgan fingerprint density at radius 3 is 2.73 bits per heavy atom. The Balaban J connectivity index is 1.66. The SMILES string of the molecule is O=C(N[C@H](c1ccc(F)cc1)[C@@H]1CCCO1)c1nccc2ccccc12. The molecule has 0 unspecified atom stereocenters. The second-order valence-electron chi connectivity index (χ2n) is 6.43. The van der Waals surface area contributed by atoms with E-state index in [0.717, 1.165) is 29.2 Å². The standard InChI is InChI=1S/C21H19FN2O2/c22-16-9-7-15(8-10-16)19(18-6-3-13-26-18)24-21(25)20-17-5-2-1-4-14(17)11-12-23-20/h1-2,4-5,7-12,18-19H,3,6,13H2,(H,24,25)/t18-,19+/m0/s1. The summed E-state index contributed by atoms with van der Waals surface area (Å²) in [7, 11) is 0. The van der Waals surface area contributed by atoms with E-state index < -0.39 is 0 Å². The average molecular weight is 350 g/mol. The van der Waals surface area contributed by atoms with Gasteiger partial charge in [-0.3, -0.25) is 9.78 Å². The highest BCUT2D eigenvalue weighted by molar-refractivity contribution is 6.05. The third-order valence-electron chi connectivity index (χ3n) is 4.74. The zero-order chi connectivity index (χ0) is 17.9. The number of carbonyl (C=O) groups is 1. The van der Waals surface area contributed by atoms with Gasteiger partial charge in [-0.05, 0) is 42.0 Å². The minimum atomic E-state index is -0.341. The van der Waals surface area contributed by atoms with Crippen molar-refractivity contribution in [1.82, 2.24) is 10.3 Å². The number of halogens is 1. The lowest BCUT2D eigenvalue weighted by atomic mass is 9.98. The molecule has 0 radical (unpaired) electrons. The maximum Gasteiger partial charge on any atom is 0.271 e. The summed E-state index contributed by atoms with van der Waals surface area (Å²) < 4.78 is 19.1. The number of nitrogens with zero attached hydrogens (tertiary/aromatic N) is 1. The lowest BCUT2D eigenvalue weighted by Crippen LogP contribution is -2.36. The zero-order valence-electron chi connectivity index (χ0n) is 14.2. The molecule has 4 nitrogen and oxygen atoms in total. The third-order valence-corrected chi connectivity index (χ3v) is 4.74. The highest BCUT2D eigenvalue weighted by atomic mass is 19.1. The molecule has 4 rings (SSSR count). The molecule has 1 aliphatic heterocycles. The van der Waals surface area contributed by atoms with Crippen LogP contribution in [-0.2, 0) is 4.74 Å². The van der Waals surface area contributed by atoms with E-state index in [1.165, 1.54) is 12.1 Å². The largest absolute Gasteiger partial charge is 0.376 e. The Hall–Kier alpha value is -2.79. The molecule has 1 aliphatic rings. The van der Waals surface area contributed by atoms with E-state index in [2.05, 4.69) is 10.3 Å². The molecule has 0 spiro atoms. The van der Waals surface area contributed by atoms with Gasteiger partial charge in [0, 0.05) is 18.2 Å².